The van der Waals surface area contributed by atoms with Crippen molar-refractivity contribution in [2.24, 2.45) is 265 Å². The lowest BCUT2D eigenvalue weighted by atomic mass is 9.60. The van der Waals surface area contributed by atoms with Crippen LogP contribution in [-0.4, -0.2) is 0 Å². The van der Waals surface area contributed by atoms with Crippen LogP contribution < -0.4 is 0 Å². The van der Waals surface area contributed by atoms with E-state index in [1.54, 1.807) is 0 Å². The minimum atomic E-state index is 0.486. The Kier molecular flexibility index (Phi) is 35.6. The van der Waals surface area contributed by atoms with Gasteiger partial charge in [-0.2, -0.15) is 0 Å². The Hall–Kier alpha value is -4.16. The summed E-state index contributed by atoms with van der Waals surface area (Å²) in [5, 5.41) is 0. The van der Waals surface area contributed by atoms with Crippen LogP contribution in [0.2, 0.25) is 0 Å². The van der Waals surface area contributed by atoms with Crippen molar-refractivity contribution in [2.45, 2.75) is 399 Å². The second-order valence-corrected chi connectivity index (χ2v) is 57.5. The number of allylic oxidation sites excluding steroid dienone is 32. The van der Waals surface area contributed by atoms with Crippen molar-refractivity contribution in [3.8, 4) is 0 Å². The Bertz CT molecular complexity index is 4250. The van der Waals surface area contributed by atoms with Gasteiger partial charge >= 0.3 is 0 Å². The van der Waals surface area contributed by atoms with Gasteiger partial charge in [-0.15, -0.1) is 0 Å². The average Bonchev–Trinajstić information content (AvgIpc) is 1.59. The van der Waals surface area contributed by atoms with Crippen LogP contribution in [0.5, 0.6) is 0 Å². The molecule has 16 saturated carbocycles. The highest BCUT2D eigenvalue weighted by Gasteiger charge is 2.67. The molecule has 16 rings (SSSR count). The van der Waals surface area contributed by atoms with E-state index in [1.807, 2.05) is 0 Å². The minimum absolute atomic E-state index is 0.486. The van der Waals surface area contributed by atoms with Gasteiger partial charge in [0.15, 0.2) is 0 Å². The van der Waals surface area contributed by atoms with Gasteiger partial charge in [-0.3, -0.25) is 0 Å². The molecule has 0 N–H and O–H groups in total. The summed E-state index contributed by atoms with van der Waals surface area (Å²) in [4.78, 5) is 0. The Morgan fingerprint density at radius 1 is 0.154 bits per heavy atom. The maximum atomic E-state index is 2.74. The molecule has 16 fully saturated rings. The van der Waals surface area contributed by atoms with Crippen molar-refractivity contribution in [2.75, 3.05) is 0 Å². The van der Waals surface area contributed by atoms with Gasteiger partial charge in [0.05, 0.1) is 0 Å². The smallest absolute Gasteiger partial charge is 0.0191 e. The van der Waals surface area contributed by atoms with Crippen molar-refractivity contribution in [3.05, 3.63) is 186 Å². The molecule has 0 aliphatic heterocycles. The summed E-state index contributed by atoms with van der Waals surface area (Å²) >= 11 is 0. The third-order valence-corrected chi connectivity index (χ3v) is 41.8. The monoisotopic (exact) mass is 1850 g/mol. The highest BCUT2D eigenvalue weighted by atomic mass is 14.7. The molecule has 0 bridgehead atoms. The number of fused-ring (bicyclic) bond motifs is 8. The second kappa shape index (κ2) is 44.4. The fourth-order valence-electron chi connectivity index (χ4n) is 39.5. The molecule has 0 spiro atoms. The zero-order valence-electron chi connectivity index (χ0n) is 96.4. The number of hydrogen-bond acceptors (Lipinski definition) is 0. The molecule has 16 aliphatic rings. The van der Waals surface area contributed by atoms with Crippen molar-refractivity contribution in [1.29, 1.82) is 0 Å². The normalized spacial score (nSPS) is 44.9. The second-order valence-electron chi connectivity index (χ2n) is 57.5. The molecule has 0 saturated heterocycles. The molecule has 16 aliphatic carbocycles. The maximum absolute atomic E-state index is 2.74. The first-order chi connectivity index (χ1) is 63.6. The lowest BCUT2D eigenvalue weighted by Gasteiger charge is -2.44. The Balaban J connectivity index is 0.000000153. The van der Waals surface area contributed by atoms with Gasteiger partial charge in [-0.1, -0.05) is 242 Å². The van der Waals surface area contributed by atoms with Crippen molar-refractivity contribution in [1.82, 2.24) is 0 Å². The molecule has 0 heteroatoms. The first-order valence-corrected chi connectivity index (χ1v) is 58.1. The lowest BCUT2D eigenvalue weighted by molar-refractivity contribution is 0.0558. The Labute approximate surface area is 844 Å². The van der Waals surface area contributed by atoms with Gasteiger partial charge in [0.25, 0.3) is 0 Å². The largest absolute Gasteiger partial charge is 0.0825 e. The summed E-state index contributed by atoms with van der Waals surface area (Å²) in [7, 11) is 0. The summed E-state index contributed by atoms with van der Waals surface area (Å²) in [5.74, 6) is 35.9. The summed E-state index contributed by atoms with van der Waals surface area (Å²) in [6.07, 6.45) is 69.7. The van der Waals surface area contributed by atoms with Gasteiger partial charge in [0.2, 0.25) is 0 Å². The van der Waals surface area contributed by atoms with Crippen LogP contribution in [0.3, 0.4) is 0 Å². The van der Waals surface area contributed by atoms with E-state index in [-0.39, 0.29) is 0 Å². The zero-order valence-corrected chi connectivity index (χ0v) is 96.4. The molecule has 0 aromatic carbocycles. The quantitative estimate of drug-likeness (QED) is 0.107. The molecule has 42 atom stereocenters. The SMILES string of the molecule is CC(C)=CC1CC(C=C(C)C)C2C1CC(C)C2[C@@H]1C(C)CC2C(C=C(C)C)CC(C=C(C)C)C21.CC(C)=CC1CC(C=C(C)C)C2C1C[C@H](C1C(C)CC3C(C=C(C)C)CC(C=C(C)C)C31)C2C.CC(C)=CC1CC(C=C(C)C)C2CC(C)(C3(C)CC4C(C=C(C)C)CC(C=C(C)C)C4C3)CC12.CC(C)=CC1CC(C=C(C)C)C2CC(C)(C3C(C)CC4C(C=C(C)C)CC(C=C(C)C)C43)CC12. The van der Waals surface area contributed by atoms with E-state index < -0.39 is 0 Å². The summed E-state index contributed by atoms with van der Waals surface area (Å²) in [6, 6.07) is 0. The van der Waals surface area contributed by atoms with E-state index in [0.717, 1.165) is 249 Å². The lowest BCUT2D eigenvalue weighted by Crippen LogP contribution is -2.35. The van der Waals surface area contributed by atoms with Gasteiger partial charge in [0, 0.05) is 0 Å². The molecule has 0 amide bonds. The highest BCUT2D eigenvalue weighted by Crippen LogP contribution is 2.75. The third kappa shape index (κ3) is 23.8. The van der Waals surface area contributed by atoms with Crippen LogP contribution in [0.25, 0.3) is 0 Å². The van der Waals surface area contributed by atoms with Gasteiger partial charge in [-0.25, -0.2) is 0 Å². The zero-order chi connectivity index (χ0) is 99.7. The van der Waals surface area contributed by atoms with E-state index in [1.165, 1.54) is 211 Å². The van der Waals surface area contributed by atoms with Crippen LogP contribution >= 0.6 is 0 Å². The molecular weight excluding hydrogens is 1630 g/mol. The fourth-order valence-corrected chi connectivity index (χ4v) is 39.5. The van der Waals surface area contributed by atoms with Gasteiger partial charge < -0.3 is 0 Å². The third-order valence-electron chi connectivity index (χ3n) is 41.8. The van der Waals surface area contributed by atoms with E-state index in [4.69, 9.17) is 0 Å². The van der Waals surface area contributed by atoms with Crippen molar-refractivity contribution < 1.29 is 0 Å². The van der Waals surface area contributed by atoms with E-state index in [2.05, 4.69) is 374 Å². The van der Waals surface area contributed by atoms with Gasteiger partial charge in [-0.05, 0) is 608 Å². The standard InChI is InChI=1S/4C34H54/c1-21(2)11-25-15-26(12-22(3)4)30-18-33(9,17-29(25)30)34(10)19-31-27(13-23(5)6)16-28(14-24(7)8)32(31)20-34;1-20(2)11-25-17-28(14-23(7)8)32-29(25)15-24(9)33(32)34(10)18-30-26(12-21(3)4)16-27(13-22(5)6)31(30)19-34;1-19(2)11-25-17-28(14-22(7)8)34-30(25)15-23(9)32(34)29-18-31-26(12-20(3)4)16-27(13-21(5)6)33(31)24(29)10;1-19(2)11-25-17-27(13-21(5)6)33-29(25)15-23(9)31(33)32-24(10)16-30-26(12-20(3)4)18-28(34(30)32)14-22(7)8/h11-14,25-32H,15-20H2,1-10H3;11-14,24-33H,15-19H2,1-10H3;2*11-14,23-34H,15-18H2,1-10H3/t;;23?,24?,25?,26?,27?,28?,29-,30?,31?,32?,33?,34?;23?,24?,25?,26?,27?,28?,29?,30?,31-,32?,33?,34?/m..00/s1. The number of rotatable bonds is 20. The van der Waals surface area contributed by atoms with Gasteiger partial charge in [0.1, 0.15) is 0 Å². The maximum Gasteiger partial charge on any atom is -0.0191 e. The Morgan fingerprint density at radius 2 is 0.324 bits per heavy atom. The van der Waals surface area contributed by atoms with Crippen LogP contribution in [0.15, 0.2) is 186 Å². The van der Waals surface area contributed by atoms with E-state index in [9.17, 15) is 0 Å². The summed E-state index contributed by atoms with van der Waals surface area (Å²) in [5.41, 5.74) is 25.9. The van der Waals surface area contributed by atoms with Crippen molar-refractivity contribution >= 4 is 0 Å². The van der Waals surface area contributed by atoms with Crippen LogP contribution in [0.1, 0.15) is 399 Å². The van der Waals surface area contributed by atoms with Crippen LogP contribution in [0, 0.1) is 265 Å². The summed E-state index contributed by atoms with van der Waals surface area (Å²) < 4.78 is 0. The Morgan fingerprint density at radius 3 is 0.566 bits per heavy atom. The van der Waals surface area contributed by atoms with Crippen LogP contribution in [-0.2, 0) is 0 Å². The molecule has 40 unspecified atom stereocenters. The molecule has 0 aromatic heterocycles. The fraction of sp³-hybridized carbons (Fsp3) is 0.765. The summed E-state index contributed by atoms with van der Waals surface area (Å²) in [6.45, 7) is 95.5. The van der Waals surface area contributed by atoms with E-state index >= 15 is 0 Å². The molecule has 0 aromatic rings. The first-order valence-electron chi connectivity index (χ1n) is 58.1. The predicted molar refractivity (Wildman–Crippen MR) is 598 cm³/mol. The molecule has 0 radical (unpaired) electrons. The molecule has 0 nitrogen and oxygen atoms in total. The molecule has 136 heavy (non-hydrogen) atoms. The number of hydrogen-bond donors (Lipinski definition) is 0. The average molecular weight is 1850 g/mol. The van der Waals surface area contributed by atoms with E-state index in [0.29, 0.717) is 16.2 Å². The predicted octanol–water partition coefficient (Wildman–Crippen LogP) is 40.0. The minimum Gasteiger partial charge on any atom is -0.0825 e. The highest BCUT2D eigenvalue weighted by molar-refractivity contribution is 5.28. The van der Waals surface area contributed by atoms with Crippen LogP contribution in [0.4, 0.5) is 0 Å². The van der Waals surface area contributed by atoms with Crippen molar-refractivity contribution in [3.63, 3.8) is 0 Å². The molecular formula is C136H216. The molecule has 760 valence electrons. The first kappa shape index (κ1) is 109. The molecule has 0 heterocycles. The topological polar surface area (TPSA) is 0 Å².